The van der Waals surface area contributed by atoms with E-state index in [2.05, 4.69) is 0 Å². The minimum atomic E-state index is 0.294. The molecule has 0 unspecified atom stereocenters. The molecule has 0 radical (unpaired) electrons. The van der Waals surface area contributed by atoms with Gasteiger partial charge in [-0.1, -0.05) is 12.1 Å². The number of benzene rings is 1. The lowest BCUT2D eigenvalue weighted by atomic mass is 10.1. The molecular formula is C8H11NO. The van der Waals surface area contributed by atoms with Crippen LogP contribution in [0.3, 0.4) is 0 Å². The van der Waals surface area contributed by atoms with Gasteiger partial charge in [0.2, 0.25) is 0 Å². The van der Waals surface area contributed by atoms with E-state index in [4.69, 9.17) is 5.73 Å². The third-order valence-corrected chi connectivity index (χ3v) is 1.46. The van der Waals surface area contributed by atoms with Crippen molar-refractivity contribution in [2.75, 3.05) is 0 Å². The molecule has 54 valence electrons. The number of phenolic OH excluding ortho intramolecular Hbond substituents is 1. The monoisotopic (exact) mass is 137 g/mol. The van der Waals surface area contributed by atoms with Crippen molar-refractivity contribution in [3.05, 3.63) is 29.3 Å². The largest absolute Gasteiger partial charge is 0.508 e. The number of aromatic hydroxyl groups is 1. The van der Waals surface area contributed by atoms with E-state index in [0.29, 0.717) is 12.3 Å². The Morgan fingerprint density at radius 3 is 2.70 bits per heavy atom. The van der Waals surface area contributed by atoms with Gasteiger partial charge in [0.15, 0.2) is 0 Å². The van der Waals surface area contributed by atoms with Gasteiger partial charge in [-0.25, -0.2) is 0 Å². The average Bonchev–Trinajstić information content (AvgIpc) is 1.88. The molecule has 0 fully saturated rings. The van der Waals surface area contributed by atoms with Gasteiger partial charge >= 0.3 is 0 Å². The summed E-state index contributed by atoms with van der Waals surface area (Å²) in [6.45, 7) is 2.33. The van der Waals surface area contributed by atoms with Gasteiger partial charge in [-0.2, -0.15) is 0 Å². The van der Waals surface area contributed by atoms with Gasteiger partial charge in [0.25, 0.3) is 0 Å². The summed E-state index contributed by atoms with van der Waals surface area (Å²) in [5, 5.41) is 9.21. The lowest BCUT2D eigenvalue weighted by molar-refractivity contribution is 0.468. The summed E-state index contributed by atoms with van der Waals surface area (Å²) in [5.74, 6) is 0.294. The van der Waals surface area contributed by atoms with Gasteiger partial charge in [-0.05, 0) is 18.6 Å². The van der Waals surface area contributed by atoms with E-state index < -0.39 is 0 Å². The zero-order valence-electron chi connectivity index (χ0n) is 5.96. The maximum atomic E-state index is 9.21. The van der Waals surface area contributed by atoms with Gasteiger partial charge in [0.1, 0.15) is 5.75 Å². The number of phenols is 1. The molecule has 0 aliphatic carbocycles. The fourth-order valence-electron chi connectivity index (χ4n) is 0.846. The second-order valence-corrected chi connectivity index (χ2v) is 2.34. The molecule has 0 saturated carbocycles. The van der Waals surface area contributed by atoms with Crippen molar-refractivity contribution in [3.8, 4) is 5.75 Å². The molecule has 1 aromatic rings. The van der Waals surface area contributed by atoms with Crippen molar-refractivity contribution in [3.63, 3.8) is 0 Å². The molecular weight excluding hydrogens is 126 g/mol. The van der Waals surface area contributed by atoms with Crippen LogP contribution < -0.4 is 5.73 Å². The van der Waals surface area contributed by atoms with Crippen molar-refractivity contribution in [2.45, 2.75) is 13.5 Å². The van der Waals surface area contributed by atoms with E-state index in [9.17, 15) is 5.11 Å². The second-order valence-electron chi connectivity index (χ2n) is 2.34. The first-order valence-electron chi connectivity index (χ1n) is 3.22. The van der Waals surface area contributed by atoms with E-state index in [1.165, 1.54) is 0 Å². The minimum absolute atomic E-state index is 0.294. The zero-order valence-corrected chi connectivity index (χ0v) is 5.96. The van der Waals surface area contributed by atoms with Gasteiger partial charge in [-0.3, -0.25) is 0 Å². The fraction of sp³-hybridized carbons (Fsp3) is 0.250. The maximum absolute atomic E-state index is 9.21. The predicted molar refractivity (Wildman–Crippen MR) is 40.7 cm³/mol. The highest BCUT2D eigenvalue weighted by Crippen LogP contribution is 2.16. The van der Waals surface area contributed by atoms with Gasteiger partial charge < -0.3 is 10.8 Å². The van der Waals surface area contributed by atoms with Crippen LogP contribution in [-0.4, -0.2) is 5.11 Å². The minimum Gasteiger partial charge on any atom is -0.508 e. The average molecular weight is 137 g/mol. The van der Waals surface area contributed by atoms with Crippen LogP contribution in [0.4, 0.5) is 0 Å². The molecule has 3 N–H and O–H groups in total. The molecule has 0 saturated heterocycles. The van der Waals surface area contributed by atoms with Crippen LogP contribution in [-0.2, 0) is 6.54 Å². The number of hydrogen-bond donors (Lipinski definition) is 2. The number of nitrogens with two attached hydrogens (primary N) is 1. The molecule has 0 spiro atoms. The number of aryl methyl sites for hydroxylation is 1. The van der Waals surface area contributed by atoms with Crippen LogP contribution in [0.2, 0.25) is 0 Å². The number of hydrogen-bond acceptors (Lipinski definition) is 2. The quantitative estimate of drug-likeness (QED) is 0.610. The first-order chi connectivity index (χ1) is 4.74. The summed E-state index contributed by atoms with van der Waals surface area (Å²) >= 11 is 0. The molecule has 0 amide bonds. The van der Waals surface area contributed by atoms with E-state index in [-0.39, 0.29) is 0 Å². The Bertz CT molecular complexity index is 233. The highest BCUT2D eigenvalue weighted by atomic mass is 16.3. The zero-order chi connectivity index (χ0) is 7.56. The first-order valence-corrected chi connectivity index (χ1v) is 3.22. The van der Waals surface area contributed by atoms with E-state index in [0.717, 1.165) is 11.1 Å². The summed E-state index contributed by atoms with van der Waals surface area (Å²) in [7, 11) is 0. The van der Waals surface area contributed by atoms with Crippen LogP contribution in [0.5, 0.6) is 5.75 Å². The fourth-order valence-corrected chi connectivity index (χ4v) is 0.846. The summed E-state index contributed by atoms with van der Waals surface area (Å²) in [6, 6.07) is 5.48. The third kappa shape index (κ3) is 1.28. The molecule has 0 aromatic heterocycles. The smallest absolute Gasteiger partial charge is 0.120 e. The van der Waals surface area contributed by atoms with E-state index in [1.54, 1.807) is 6.07 Å². The van der Waals surface area contributed by atoms with Crippen molar-refractivity contribution in [2.24, 2.45) is 5.73 Å². The molecule has 0 aliphatic heterocycles. The molecule has 0 heterocycles. The van der Waals surface area contributed by atoms with Crippen molar-refractivity contribution in [1.29, 1.82) is 0 Å². The predicted octanol–water partition coefficient (Wildman–Crippen LogP) is 1.16. The van der Waals surface area contributed by atoms with Crippen LogP contribution >= 0.6 is 0 Å². The number of rotatable bonds is 1. The summed E-state index contributed by atoms with van der Waals surface area (Å²) in [6.07, 6.45) is 0. The Labute approximate surface area is 60.3 Å². The van der Waals surface area contributed by atoms with Gasteiger partial charge in [-0.15, -0.1) is 0 Å². The van der Waals surface area contributed by atoms with Gasteiger partial charge in [0.05, 0.1) is 0 Å². The maximum Gasteiger partial charge on any atom is 0.120 e. The van der Waals surface area contributed by atoms with E-state index >= 15 is 0 Å². The normalized spacial score (nSPS) is 9.80. The van der Waals surface area contributed by atoms with Crippen LogP contribution in [0.1, 0.15) is 11.1 Å². The summed E-state index contributed by atoms with van der Waals surface area (Å²) in [5.41, 5.74) is 7.19. The van der Waals surface area contributed by atoms with Crippen molar-refractivity contribution < 1.29 is 5.11 Å². The molecule has 1 aromatic carbocycles. The molecule has 10 heavy (non-hydrogen) atoms. The van der Waals surface area contributed by atoms with Crippen molar-refractivity contribution >= 4 is 0 Å². The highest BCUT2D eigenvalue weighted by Gasteiger charge is 1.96. The lowest BCUT2D eigenvalue weighted by Crippen LogP contribution is -1.96. The lowest BCUT2D eigenvalue weighted by Gasteiger charge is -2.00. The van der Waals surface area contributed by atoms with Crippen LogP contribution in [0.15, 0.2) is 18.2 Å². The summed E-state index contributed by atoms with van der Waals surface area (Å²) < 4.78 is 0. The van der Waals surface area contributed by atoms with Crippen LogP contribution in [0.25, 0.3) is 0 Å². The molecule has 0 atom stereocenters. The summed E-state index contributed by atoms with van der Waals surface area (Å²) in [4.78, 5) is 0. The standard InChI is InChI=1S/C8H11NO/c1-6-2-3-7(5-9)8(10)4-6/h2-4,10H,5,9H2,1H3. The van der Waals surface area contributed by atoms with Gasteiger partial charge in [0, 0.05) is 12.1 Å². The first kappa shape index (κ1) is 7.09. The van der Waals surface area contributed by atoms with E-state index in [1.807, 2.05) is 19.1 Å². The SMILES string of the molecule is Cc1ccc(CN)c(O)c1. The molecule has 1 rings (SSSR count). The van der Waals surface area contributed by atoms with Crippen LogP contribution in [0, 0.1) is 6.92 Å². The Balaban J connectivity index is 3.07. The second kappa shape index (κ2) is 2.71. The highest BCUT2D eigenvalue weighted by molar-refractivity contribution is 5.35. The Hall–Kier alpha value is -1.02. The third-order valence-electron chi connectivity index (χ3n) is 1.46. The Morgan fingerprint density at radius 1 is 1.50 bits per heavy atom. The Kier molecular flexibility index (Phi) is 1.92. The molecule has 2 nitrogen and oxygen atoms in total. The topological polar surface area (TPSA) is 46.2 Å². The van der Waals surface area contributed by atoms with Crippen molar-refractivity contribution in [1.82, 2.24) is 0 Å². The molecule has 0 aliphatic rings. The molecule has 0 bridgehead atoms. The Morgan fingerprint density at radius 2 is 2.20 bits per heavy atom. The molecule has 2 heteroatoms.